The molecule has 0 spiro atoms. The number of carbonyl (C=O) groups excluding carboxylic acids is 2. The molecule has 0 saturated carbocycles. The van der Waals surface area contributed by atoms with Crippen molar-refractivity contribution in [1.82, 2.24) is 5.32 Å². The predicted molar refractivity (Wildman–Crippen MR) is 95.8 cm³/mol. The Morgan fingerprint density at radius 3 is 2.50 bits per heavy atom. The molecule has 3 N–H and O–H groups in total. The molecular formula is C19H24N2O3. The van der Waals surface area contributed by atoms with Crippen LogP contribution in [0.4, 0.5) is 5.69 Å². The van der Waals surface area contributed by atoms with E-state index >= 15 is 0 Å². The number of ether oxygens (including phenoxy) is 1. The summed E-state index contributed by atoms with van der Waals surface area (Å²) in [6, 6.07) is 11.1. The van der Waals surface area contributed by atoms with Crippen LogP contribution in [0.1, 0.15) is 43.0 Å². The molecule has 0 aliphatic carbocycles. The van der Waals surface area contributed by atoms with Crippen molar-refractivity contribution in [2.75, 3.05) is 12.8 Å². The highest BCUT2D eigenvalue weighted by Gasteiger charge is 2.19. The van der Waals surface area contributed by atoms with Crippen molar-refractivity contribution in [1.29, 1.82) is 0 Å². The van der Waals surface area contributed by atoms with Crippen molar-refractivity contribution in [2.24, 2.45) is 0 Å². The number of amides is 1. The fraction of sp³-hybridized carbons (Fsp3) is 0.368. The van der Waals surface area contributed by atoms with Crippen molar-refractivity contribution in [3.8, 4) is 0 Å². The van der Waals surface area contributed by atoms with Crippen molar-refractivity contribution >= 4 is 28.3 Å². The number of unbranched alkanes of at least 4 members (excludes halogenated alkanes) is 1. The Kier molecular flexibility index (Phi) is 6.18. The van der Waals surface area contributed by atoms with E-state index in [0.717, 1.165) is 30.0 Å². The summed E-state index contributed by atoms with van der Waals surface area (Å²) in [5, 5.41) is 4.86. The molecular weight excluding hydrogens is 304 g/mol. The van der Waals surface area contributed by atoms with E-state index in [0.29, 0.717) is 11.3 Å². The second kappa shape index (κ2) is 8.34. The average Bonchev–Trinajstić information content (AvgIpc) is 2.58. The van der Waals surface area contributed by atoms with Gasteiger partial charge >= 0.3 is 5.97 Å². The summed E-state index contributed by atoms with van der Waals surface area (Å²) < 4.78 is 4.71. The van der Waals surface area contributed by atoms with E-state index in [1.54, 1.807) is 12.1 Å². The van der Waals surface area contributed by atoms with Gasteiger partial charge in [0.2, 0.25) is 0 Å². The molecule has 24 heavy (non-hydrogen) atoms. The Morgan fingerprint density at radius 2 is 1.88 bits per heavy atom. The Bertz CT molecular complexity index is 728. The molecule has 0 aromatic heterocycles. The van der Waals surface area contributed by atoms with E-state index < -0.39 is 0 Å². The number of nitrogen functional groups attached to an aromatic ring is 1. The lowest BCUT2D eigenvalue weighted by molar-refractivity contribution is -0.141. The summed E-state index contributed by atoms with van der Waals surface area (Å²) in [4.78, 5) is 24.2. The predicted octanol–water partition coefficient (Wildman–Crippen LogP) is 3.27. The first-order chi connectivity index (χ1) is 11.5. The molecule has 0 fully saturated rings. The lowest BCUT2D eigenvalue weighted by atomic mass is 10.0. The van der Waals surface area contributed by atoms with Crippen LogP contribution >= 0.6 is 0 Å². The maximum absolute atomic E-state index is 12.6. The van der Waals surface area contributed by atoms with E-state index in [2.05, 4.69) is 12.2 Å². The molecule has 1 amide bonds. The van der Waals surface area contributed by atoms with Gasteiger partial charge in [-0.3, -0.25) is 9.59 Å². The summed E-state index contributed by atoms with van der Waals surface area (Å²) >= 11 is 0. The number of nitrogens with one attached hydrogen (secondary N) is 1. The lowest BCUT2D eigenvalue weighted by Crippen LogP contribution is -2.37. The van der Waals surface area contributed by atoms with Gasteiger partial charge in [0.25, 0.3) is 5.91 Å². The van der Waals surface area contributed by atoms with Crippen LogP contribution in [0.15, 0.2) is 36.4 Å². The van der Waals surface area contributed by atoms with Gasteiger partial charge in [0.05, 0.1) is 19.1 Å². The molecule has 0 bridgehead atoms. The van der Waals surface area contributed by atoms with Crippen molar-refractivity contribution in [3.63, 3.8) is 0 Å². The van der Waals surface area contributed by atoms with Gasteiger partial charge in [-0.1, -0.05) is 44.0 Å². The Balaban J connectivity index is 2.19. The van der Waals surface area contributed by atoms with Gasteiger partial charge in [-0.15, -0.1) is 0 Å². The third-order valence-electron chi connectivity index (χ3n) is 4.04. The number of benzene rings is 2. The molecule has 0 saturated heterocycles. The second-order valence-corrected chi connectivity index (χ2v) is 5.88. The molecule has 2 rings (SSSR count). The zero-order valence-electron chi connectivity index (χ0n) is 14.2. The molecule has 0 aliphatic heterocycles. The molecule has 5 heteroatoms. The molecule has 128 valence electrons. The highest BCUT2D eigenvalue weighted by Crippen LogP contribution is 2.22. The van der Waals surface area contributed by atoms with E-state index in [1.807, 2.05) is 24.3 Å². The van der Waals surface area contributed by atoms with Crippen LogP contribution in [0, 0.1) is 0 Å². The van der Waals surface area contributed by atoms with Crippen molar-refractivity contribution in [3.05, 3.63) is 42.0 Å². The van der Waals surface area contributed by atoms with E-state index in [4.69, 9.17) is 10.5 Å². The van der Waals surface area contributed by atoms with Gasteiger partial charge in [0.15, 0.2) is 0 Å². The van der Waals surface area contributed by atoms with Crippen LogP contribution in [0.3, 0.4) is 0 Å². The summed E-state index contributed by atoms with van der Waals surface area (Å²) in [5.41, 5.74) is 6.90. The quantitative estimate of drug-likeness (QED) is 0.604. The van der Waals surface area contributed by atoms with Gasteiger partial charge < -0.3 is 15.8 Å². The number of rotatable bonds is 7. The summed E-state index contributed by atoms with van der Waals surface area (Å²) in [5.74, 6) is -0.592. The molecule has 2 aromatic rings. The highest BCUT2D eigenvalue weighted by molar-refractivity contribution is 6.04. The number of nitrogens with two attached hydrogens (primary N) is 1. The van der Waals surface area contributed by atoms with Gasteiger partial charge in [0.1, 0.15) is 0 Å². The van der Waals surface area contributed by atoms with Crippen molar-refractivity contribution < 1.29 is 14.3 Å². The molecule has 0 radical (unpaired) electrons. The zero-order valence-corrected chi connectivity index (χ0v) is 14.2. The maximum Gasteiger partial charge on any atom is 0.307 e. The fourth-order valence-electron chi connectivity index (χ4n) is 2.68. The normalized spacial score (nSPS) is 11.9. The fourth-order valence-corrected chi connectivity index (χ4v) is 2.68. The van der Waals surface area contributed by atoms with Crippen LogP contribution in [0.2, 0.25) is 0 Å². The van der Waals surface area contributed by atoms with E-state index in [9.17, 15) is 9.59 Å². The standard InChI is InChI=1S/C19H24N2O3/c1-3-4-9-15(12-18(22)24-2)21-19(23)16-10-13-7-5-6-8-14(13)11-17(16)20/h5-8,10-11,15H,3-4,9,12,20H2,1-2H3,(H,21,23). The topological polar surface area (TPSA) is 81.4 Å². The summed E-state index contributed by atoms with van der Waals surface area (Å²) in [7, 11) is 1.35. The summed E-state index contributed by atoms with van der Waals surface area (Å²) in [6.45, 7) is 2.07. The number of fused-ring (bicyclic) bond motifs is 1. The monoisotopic (exact) mass is 328 g/mol. The first kappa shape index (κ1) is 17.8. The first-order valence-corrected chi connectivity index (χ1v) is 8.21. The SMILES string of the molecule is CCCCC(CC(=O)OC)NC(=O)c1cc2ccccc2cc1N. The number of anilines is 1. The Morgan fingerprint density at radius 1 is 1.21 bits per heavy atom. The van der Waals surface area contributed by atoms with Crippen LogP contribution in [0.25, 0.3) is 10.8 Å². The third-order valence-corrected chi connectivity index (χ3v) is 4.04. The maximum atomic E-state index is 12.6. The van der Waals surface area contributed by atoms with Crippen LogP contribution in [0.5, 0.6) is 0 Å². The van der Waals surface area contributed by atoms with E-state index in [1.165, 1.54) is 7.11 Å². The first-order valence-electron chi connectivity index (χ1n) is 8.21. The minimum Gasteiger partial charge on any atom is -0.469 e. The van der Waals surface area contributed by atoms with Crippen LogP contribution in [-0.2, 0) is 9.53 Å². The summed E-state index contributed by atoms with van der Waals surface area (Å²) in [6.07, 6.45) is 2.81. The van der Waals surface area contributed by atoms with Crippen LogP contribution in [-0.4, -0.2) is 25.0 Å². The second-order valence-electron chi connectivity index (χ2n) is 5.88. The average molecular weight is 328 g/mol. The number of esters is 1. The molecule has 0 aliphatic rings. The van der Waals surface area contributed by atoms with Gasteiger partial charge in [-0.2, -0.15) is 0 Å². The zero-order chi connectivity index (χ0) is 17.5. The van der Waals surface area contributed by atoms with Crippen molar-refractivity contribution in [2.45, 2.75) is 38.6 Å². The molecule has 0 heterocycles. The number of hydrogen-bond donors (Lipinski definition) is 2. The van der Waals surface area contributed by atoms with Crippen LogP contribution < -0.4 is 11.1 Å². The lowest BCUT2D eigenvalue weighted by Gasteiger charge is -2.18. The van der Waals surface area contributed by atoms with E-state index in [-0.39, 0.29) is 24.3 Å². The Labute approximate surface area is 142 Å². The molecule has 1 unspecified atom stereocenters. The molecule has 1 atom stereocenters. The Hall–Kier alpha value is -2.56. The number of methoxy groups -OCH3 is 1. The molecule has 2 aromatic carbocycles. The number of carbonyl (C=O) groups is 2. The molecule has 5 nitrogen and oxygen atoms in total. The third kappa shape index (κ3) is 4.47. The minimum atomic E-state index is -0.331. The largest absolute Gasteiger partial charge is 0.469 e. The smallest absolute Gasteiger partial charge is 0.307 e. The number of hydrogen-bond acceptors (Lipinski definition) is 4. The highest BCUT2D eigenvalue weighted by atomic mass is 16.5. The van der Waals surface area contributed by atoms with Gasteiger partial charge in [-0.25, -0.2) is 0 Å². The van der Waals surface area contributed by atoms with Gasteiger partial charge in [0, 0.05) is 11.7 Å². The van der Waals surface area contributed by atoms with Gasteiger partial charge in [-0.05, 0) is 29.3 Å². The minimum absolute atomic E-state index is 0.162.